The lowest BCUT2D eigenvalue weighted by Crippen LogP contribution is -2.30. The van der Waals surface area contributed by atoms with Crippen LogP contribution in [0.4, 0.5) is 5.95 Å². The molecular weight excluding hydrogens is 326 g/mol. The quantitative estimate of drug-likeness (QED) is 0.720. The number of rotatable bonds is 8. The number of hydrogen-bond donors (Lipinski definition) is 0. The fourth-order valence-corrected chi connectivity index (χ4v) is 3.04. The molecule has 0 spiro atoms. The van der Waals surface area contributed by atoms with Gasteiger partial charge < -0.3 is 9.47 Å². The van der Waals surface area contributed by atoms with Gasteiger partial charge in [0.1, 0.15) is 9.84 Å². The third-order valence-electron chi connectivity index (χ3n) is 4.05. The molecule has 0 saturated heterocycles. The van der Waals surface area contributed by atoms with Crippen molar-refractivity contribution in [2.24, 2.45) is 0 Å². The van der Waals surface area contributed by atoms with Gasteiger partial charge in [-0.25, -0.2) is 23.4 Å². The van der Waals surface area contributed by atoms with Gasteiger partial charge in [0.25, 0.3) is 0 Å². The van der Waals surface area contributed by atoms with Crippen molar-refractivity contribution in [3.8, 4) is 0 Å². The first-order valence-electron chi connectivity index (χ1n) is 8.21. The molecule has 0 radical (unpaired) electrons. The number of aryl methyl sites for hydroxylation is 1. The number of anilines is 1. The highest BCUT2D eigenvalue weighted by Gasteiger charge is 2.24. The smallest absolute Gasteiger partial charge is 0.225 e. The van der Waals surface area contributed by atoms with Crippen LogP contribution in [0.5, 0.6) is 0 Å². The van der Waals surface area contributed by atoms with E-state index in [0.29, 0.717) is 25.1 Å². The Bertz CT molecular complexity index is 798. The van der Waals surface area contributed by atoms with Gasteiger partial charge >= 0.3 is 0 Å². The van der Waals surface area contributed by atoms with E-state index in [-0.39, 0.29) is 5.75 Å². The molecule has 0 atom stereocenters. The van der Waals surface area contributed by atoms with Crippen LogP contribution >= 0.6 is 0 Å². The number of sulfone groups is 1. The first-order chi connectivity index (χ1) is 11.4. The van der Waals surface area contributed by atoms with Crippen molar-refractivity contribution in [2.45, 2.75) is 38.8 Å². The largest absolute Gasteiger partial charge is 0.334 e. The molecule has 2 aromatic rings. The maximum Gasteiger partial charge on any atom is 0.225 e. The lowest BCUT2D eigenvalue weighted by Gasteiger charge is -2.21. The highest BCUT2D eigenvalue weighted by molar-refractivity contribution is 7.90. The maximum absolute atomic E-state index is 11.6. The second-order valence-corrected chi connectivity index (χ2v) is 8.56. The van der Waals surface area contributed by atoms with E-state index in [9.17, 15) is 8.42 Å². The Hall–Kier alpha value is -1.96. The fourth-order valence-electron chi connectivity index (χ4n) is 2.49. The summed E-state index contributed by atoms with van der Waals surface area (Å²) in [5, 5.41) is 0. The summed E-state index contributed by atoms with van der Waals surface area (Å²) < 4.78 is 25.2. The highest BCUT2D eigenvalue weighted by atomic mass is 32.2. The van der Waals surface area contributed by atoms with Crippen molar-refractivity contribution in [1.82, 2.24) is 19.5 Å². The summed E-state index contributed by atoms with van der Waals surface area (Å²) in [6, 6.07) is 2.45. The van der Waals surface area contributed by atoms with Crippen molar-refractivity contribution in [3.63, 3.8) is 0 Å². The monoisotopic (exact) mass is 349 g/mol. The molecule has 0 amide bonds. The minimum absolute atomic E-state index is 0.0655. The Morgan fingerprint density at radius 2 is 2.08 bits per heavy atom. The van der Waals surface area contributed by atoms with Crippen LogP contribution in [0.2, 0.25) is 0 Å². The summed E-state index contributed by atoms with van der Waals surface area (Å²) in [6.45, 7) is 2.88. The average Bonchev–Trinajstić information content (AvgIpc) is 3.30. The van der Waals surface area contributed by atoms with E-state index in [1.54, 1.807) is 6.20 Å². The molecule has 0 N–H and O–H groups in total. The van der Waals surface area contributed by atoms with Gasteiger partial charge in [-0.05, 0) is 25.3 Å². The molecule has 7 nitrogen and oxygen atoms in total. The standard InChI is InChI=1S/C16H23N5O2S/c1-3-13-6-7-17-16(19-13)20(8-9-24(2,22)23)10-14-11-21(12-18-14)15-4-5-15/h6-7,11-12,15H,3-5,8-10H2,1-2H3. The number of imidazole rings is 1. The summed E-state index contributed by atoms with van der Waals surface area (Å²) in [5.74, 6) is 0.620. The molecule has 0 bridgehead atoms. The Kier molecular flexibility index (Phi) is 4.84. The van der Waals surface area contributed by atoms with Gasteiger partial charge in [0.15, 0.2) is 0 Å². The molecule has 1 aliphatic rings. The Labute approximate surface area is 142 Å². The summed E-state index contributed by atoms with van der Waals surface area (Å²) >= 11 is 0. The van der Waals surface area contributed by atoms with Crippen molar-refractivity contribution < 1.29 is 8.42 Å². The molecule has 3 rings (SSSR count). The van der Waals surface area contributed by atoms with Crippen LogP contribution in [-0.2, 0) is 22.8 Å². The van der Waals surface area contributed by atoms with Crippen LogP contribution in [0.3, 0.4) is 0 Å². The van der Waals surface area contributed by atoms with Gasteiger partial charge in [-0.1, -0.05) is 6.92 Å². The fraction of sp³-hybridized carbons (Fsp3) is 0.562. The van der Waals surface area contributed by atoms with E-state index >= 15 is 0 Å². The van der Waals surface area contributed by atoms with Crippen molar-refractivity contribution in [3.05, 3.63) is 36.2 Å². The topological polar surface area (TPSA) is 81.0 Å². The van der Waals surface area contributed by atoms with Crippen molar-refractivity contribution in [2.75, 3.05) is 23.5 Å². The van der Waals surface area contributed by atoms with Gasteiger partial charge in [-0.3, -0.25) is 0 Å². The normalized spacial score (nSPS) is 14.8. The SMILES string of the molecule is CCc1ccnc(N(CCS(C)(=O)=O)Cc2cn(C3CC3)cn2)n1. The number of aromatic nitrogens is 4. The van der Waals surface area contributed by atoms with Crippen LogP contribution < -0.4 is 4.90 Å². The first-order valence-corrected chi connectivity index (χ1v) is 10.3. The van der Waals surface area contributed by atoms with E-state index in [2.05, 4.69) is 19.5 Å². The predicted molar refractivity (Wildman–Crippen MR) is 92.7 cm³/mol. The van der Waals surface area contributed by atoms with E-state index in [0.717, 1.165) is 17.8 Å². The van der Waals surface area contributed by atoms with Gasteiger partial charge in [-0.2, -0.15) is 0 Å². The van der Waals surface area contributed by atoms with Crippen LogP contribution in [0, 0.1) is 0 Å². The molecule has 130 valence electrons. The Morgan fingerprint density at radius 3 is 2.75 bits per heavy atom. The second-order valence-electron chi connectivity index (χ2n) is 6.30. The molecular formula is C16H23N5O2S. The minimum atomic E-state index is -3.06. The lowest BCUT2D eigenvalue weighted by atomic mass is 10.3. The third-order valence-corrected chi connectivity index (χ3v) is 4.98. The number of nitrogens with zero attached hydrogens (tertiary/aromatic N) is 5. The highest BCUT2D eigenvalue weighted by Crippen LogP contribution is 2.34. The van der Waals surface area contributed by atoms with Gasteiger partial charge in [0.2, 0.25) is 5.95 Å². The van der Waals surface area contributed by atoms with E-state index < -0.39 is 9.84 Å². The zero-order valence-electron chi connectivity index (χ0n) is 14.1. The summed E-state index contributed by atoms with van der Waals surface area (Å²) in [5.41, 5.74) is 1.84. The van der Waals surface area contributed by atoms with Crippen molar-refractivity contribution >= 4 is 15.8 Å². The molecule has 8 heteroatoms. The summed E-state index contributed by atoms with van der Waals surface area (Å²) in [4.78, 5) is 15.2. The lowest BCUT2D eigenvalue weighted by molar-refractivity contribution is 0.599. The summed E-state index contributed by atoms with van der Waals surface area (Å²) in [7, 11) is -3.06. The van der Waals surface area contributed by atoms with Gasteiger partial charge in [0, 0.05) is 36.9 Å². The van der Waals surface area contributed by atoms with Crippen LogP contribution in [0.1, 0.15) is 37.2 Å². The van der Waals surface area contributed by atoms with Crippen LogP contribution in [0.15, 0.2) is 24.8 Å². The molecule has 2 heterocycles. The molecule has 1 saturated carbocycles. The maximum atomic E-state index is 11.6. The molecule has 0 aromatic carbocycles. The third kappa shape index (κ3) is 4.53. The molecule has 1 fully saturated rings. The Morgan fingerprint density at radius 1 is 1.29 bits per heavy atom. The minimum Gasteiger partial charge on any atom is -0.334 e. The predicted octanol–water partition coefficient (Wildman–Crippen LogP) is 1.62. The van der Waals surface area contributed by atoms with Gasteiger partial charge in [-0.15, -0.1) is 0 Å². The average molecular weight is 349 g/mol. The van der Waals surface area contributed by atoms with Crippen LogP contribution in [-0.4, -0.2) is 46.5 Å². The zero-order chi connectivity index (χ0) is 17.2. The number of hydrogen-bond acceptors (Lipinski definition) is 6. The first kappa shape index (κ1) is 16.9. The molecule has 0 aliphatic heterocycles. The molecule has 24 heavy (non-hydrogen) atoms. The van der Waals surface area contributed by atoms with E-state index in [4.69, 9.17) is 0 Å². The second kappa shape index (κ2) is 6.88. The zero-order valence-corrected chi connectivity index (χ0v) is 14.9. The van der Waals surface area contributed by atoms with E-state index in [1.807, 2.05) is 30.4 Å². The summed E-state index contributed by atoms with van der Waals surface area (Å²) in [6.07, 6.45) is 10.1. The molecule has 2 aromatic heterocycles. The van der Waals surface area contributed by atoms with E-state index in [1.165, 1.54) is 19.1 Å². The molecule has 0 unspecified atom stereocenters. The Balaban J connectivity index is 1.79. The van der Waals surface area contributed by atoms with Crippen molar-refractivity contribution in [1.29, 1.82) is 0 Å². The van der Waals surface area contributed by atoms with Crippen LogP contribution in [0.25, 0.3) is 0 Å². The van der Waals surface area contributed by atoms with Gasteiger partial charge in [0.05, 0.1) is 24.3 Å². The molecule has 1 aliphatic carbocycles.